The fraction of sp³-hybridized carbons (Fsp3) is 0.545. The van der Waals surface area contributed by atoms with E-state index in [-0.39, 0.29) is 18.4 Å². The van der Waals surface area contributed by atoms with E-state index in [1.807, 2.05) is 37.8 Å². The second-order valence-corrected chi connectivity index (χ2v) is 10.5. The molecular weight excluding hydrogens is 400 g/mol. The summed E-state index contributed by atoms with van der Waals surface area (Å²) in [6, 6.07) is 4.00. The van der Waals surface area contributed by atoms with Crippen LogP contribution in [-0.2, 0) is 27.9 Å². The summed E-state index contributed by atoms with van der Waals surface area (Å²) in [7, 11) is -3.70. The third-order valence-electron chi connectivity index (χ3n) is 5.65. The van der Waals surface area contributed by atoms with E-state index in [0.717, 1.165) is 40.4 Å². The van der Waals surface area contributed by atoms with Crippen molar-refractivity contribution < 1.29 is 13.2 Å². The average molecular weight is 431 g/mol. The van der Waals surface area contributed by atoms with E-state index in [4.69, 9.17) is 0 Å². The first-order valence-corrected chi connectivity index (χ1v) is 12.2. The number of amides is 1. The van der Waals surface area contributed by atoms with Gasteiger partial charge in [0.1, 0.15) is 0 Å². The van der Waals surface area contributed by atoms with Crippen LogP contribution < -0.4 is 10.0 Å². The second-order valence-electron chi connectivity index (χ2n) is 8.79. The highest BCUT2D eigenvalue weighted by atomic mass is 32.2. The smallest absolute Gasteiger partial charge is 0.241 e. The van der Waals surface area contributed by atoms with Gasteiger partial charge in [-0.25, -0.2) is 13.1 Å². The first-order valence-electron chi connectivity index (χ1n) is 10.7. The van der Waals surface area contributed by atoms with E-state index in [1.165, 1.54) is 0 Å². The summed E-state index contributed by atoms with van der Waals surface area (Å²) in [5, 5.41) is 4.39. The van der Waals surface area contributed by atoms with Gasteiger partial charge in [-0.15, -0.1) is 0 Å². The Morgan fingerprint density at radius 2 is 2.03 bits per heavy atom. The zero-order chi connectivity index (χ0) is 21.5. The van der Waals surface area contributed by atoms with Crippen molar-refractivity contribution in [1.82, 2.24) is 19.9 Å². The lowest BCUT2D eigenvalue weighted by molar-refractivity contribution is -0.122. The minimum atomic E-state index is -3.70. The number of hydrogen-bond acceptors (Lipinski definition) is 5. The van der Waals surface area contributed by atoms with Crippen LogP contribution >= 0.6 is 0 Å². The molecule has 1 saturated carbocycles. The van der Waals surface area contributed by atoms with Gasteiger partial charge >= 0.3 is 0 Å². The molecule has 2 aliphatic rings. The number of sulfonamides is 1. The van der Waals surface area contributed by atoms with E-state index in [1.54, 1.807) is 6.20 Å². The zero-order valence-electron chi connectivity index (χ0n) is 17.9. The molecule has 0 bridgehead atoms. The summed E-state index contributed by atoms with van der Waals surface area (Å²) in [6.07, 6.45) is 4.02. The first-order chi connectivity index (χ1) is 14.3. The van der Waals surface area contributed by atoms with Crippen LogP contribution in [0.3, 0.4) is 0 Å². The number of carbonyl (C=O) groups excluding carboxylic acids is 1. The molecule has 2 heterocycles. The molecule has 1 aromatic heterocycles. The molecule has 1 aliphatic carbocycles. The number of nitrogens with one attached hydrogen (secondary N) is 2. The van der Waals surface area contributed by atoms with Crippen molar-refractivity contribution in [1.29, 1.82) is 0 Å². The number of likely N-dealkylation sites (N-methyl/N-ethyl adjacent to an activating group) is 1. The lowest BCUT2D eigenvalue weighted by Crippen LogP contribution is -2.34. The van der Waals surface area contributed by atoms with E-state index in [0.29, 0.717) is 37.0 Å². The molecule has 1 aromatic carbocycles. The van der Waals surface area contributed by atoms with E-state index < -0.39 is 10.0 Å². The minimum Gasteiger partial charge on any atom is -0.355 e. The van der Waals surface area contributed by atoms with Gasteiger partial charge in [0.25, 0.3) is 0 Å². The normalized spacial score (nSPS) is 16.9. The molecule has 1 fully saturated rings. The van der Waals surface area contributed by atoms with Gasteiger partial charge in [-0.05, 0) is 48.9 Å². The van der Waals surface area contributed by atoms with E-state index >= 15 is 0 Å². The number of hydrogen-bond donors (Lipinski definition) is 2. The molecule has 7 nitrogen and oxygen atoms in total. The molecular formula is C22H30N4O3S. The molecule has 1 amide bonds. The lowest BCUT2D eigenvalue weighted by atomic mass is 10.0. The highest BCUT2D eigenvalue weighted by Crippen LogP contribution is 2.42. The second kappa shape index (κ2) is 8.24. The Kier molecular flexibility index (Phi) is 5.83. The zero-order valence-corrected chi connectivity index (χ0v) is 18.7. The highest BCUT2D eigenvalue weighted by Gasteiger charge is 2.32. The minimum absolute atomic E-state index is 0.0464. The fourth-order valence-corrected chi connectivity index (χ4v) is 5.72. The topological polar surface area (TPSA) is 91.4 Å². The Hall–Kier alpha value is -2.03. The molecule has 1 aliphatic heterocycles. The highest BCUT2D eigenvalue weighted by molar-refractivity contribution is 7.89. The number of pyridine rings is 1. The van der Waals surface area contributed by atoms with Crippen molar-refractivity contribution in [3.05, 3.63) is 35.2 Å². The summed E-state index contributed by atoms with van der Waals surface area (Å²) in [5.74, 6) is 0.603. The van der Waals surface area contributed by atoms with Gasteiger partial charge < -0.3 is 5.32 Å². The fourth-order valence-electron chi connectivity index (χ4n) is 4.04. The molecule has 8 heteroatoms. The molecule has 0 unspecified atom stereocenters. The predicted octanol–water partition coefficient (Wildman–Crippen LogP) is 2.50. The van der Waals surface area contributed by atoms with Crippen LogP contribution in [0.5, 0.6) is 0 Å². The van der Waals surface area contributed by atoms with Crippen LogP contribution in [0, 0.1) is 5.92 Å². The molecule has 162 valence electrons. The van der Waals surface area contributed by atoms with Gasteiger partial charge in [0.15, 0.2) is 0 Å². The van der Waals surface area contributed by atoms with E-state index in [9.17, 15) is 13.2 Å². The Labute approximate surface area is 178 Å². The summed E-state index contributed by atoms with van der Waals surface area (Å²) in [5.41, 5.74) is 2.73. The van der Waals surface area contributed by atoms with E-state index in [2.05, 4.69) is 15.0 Å². The summed E-state index contributed by atoms with van der Waals surface area (Å²) in [4.78, 5) is 19.0. The van der Waals surface area contributed by atoms with Crippen molar-refractivity contribution >= 4 is 26.7 Å². The third-order valence-corrected chi connectivity index (χ3v) is 7.21. The van der Waals surface area contributed by atoms with Gasteiger partial charge in [-0.2, -0.15) is 0 Å². The van der Waals surface area contributed by atoms with Crippen molar-refractivity contribution in [2.24, 2.45) is 5.92 Å². The Bertz CT molecular complexity index is 1080. The monoisotopic (exact) mass is 430 g/mol. The van der Waals surface area contributed by atoms with Crippen LogP contribution in [0.25, 0.3) is 10.8 Å². The lowest BCUT2D eigenvalue weighted by Gasteiger charge is -2.16. The van der Waals surface area contributed by atoms with Crippen molar-refractivity contribution in [3.63, 3.8) is 0 Å². The Morgan fingerprint density at radius 1 is 1.27 bits per heavy atom. The maximum Gasteiger partial charge on any atom is 0.241 e. The summed E-state index contributed by atoms with van der Waals surface area (Å²) in [6.45, 7) is 8.08. The number of aromatic nitrogens is 1. The van der Waals surface area contributed by atoms with Crippen LogP contribution in [0.4, 0.5) is 0 Å². The molecule has 0 spiro atoms. The summed E-state index contributed by atoms with van der Waals surface area (Å²) < 4.78 is 29.6. The maximum atomic E-state index is 13.4. The Morgan fingerprint density at radius 3 is 2.70 bits per heavy atom. The maximum absolute atomic E-state index is 13.4. The number of nitrogens with zero attached hydrogens (tertiary/aromatic N) is 2. The van der Waals surface area contributed by atoms with Gasteiger partial charge in [0.05, 0.1) is 11.4 Å². The van der Waals surface area contributed by atoms with Crippen molar-refractivity contribution in [2.45, 2.75) is 57.5 Å². The Balaban J connectivity index is 1.78. The van der Waals surface area contributed by atoms with Crippen LogP contribution in [-0.4, -0.2) is 43.8 Å². The number of carbonyl (C=O) groups is 1. The molecule has 0 atom stereocenters. The largest absolute Gasteiger partial charge is 0.355 e. The molecule has 4 rings (SSSR count). The van der Waals surface area contributed by atoms with Gasteiger partial charge in [-0.3, -0.25) is 14.7 Å². The number of benzene rings is 1. The van der Waals surface area contributed by atoms with Crippen molar-refractivity contribution in [3.8, 4) is 0 Å². The van der Waals surface area contributed by atoms with Crippen LogP contribution in [0.1, 0.15) is 56.4 Å². The third kappa shape index (κ3) is 4.36. The number of rotatable bonds is 8. The quantitative estimate of drug-likeness (QED) is 0.671. The van der Waals surface area contributed by atoms with Gasteiger partial charge in [0, 0.05) is 54.8 Å². The predicted molar refractivity (Wildman–Crippen MR) is 117 cm³/mol. The van der Waals surface area contributed by atoms with Crippen LogP contribution in [0.15, 0.2) is 23.2 Å². The SMILES string of the molecule is CCNC(=O)CN1Cc2cc3cnc(C4CC4)cc3c(S(=O)(=O)NCC(C)C)c2C1. The molecule has 2 aromatic rings. The average Bonchev–Trinajstić information content (AvgIpc) is 3.45. The molecule has 30 heavy (non-hydrogen) atoms. The molecule has 0 radical (unpaired) electrons. The van der Waals surface area contributed by atoms with Crippen LogP contribution in [0.2, 0.25) is 0 Å². The first kappa shape index (κ1) is 21.2. The molecule has 0 saturated heterocycles. The standard InChI is InChI=1S/C22H30N4O3S/c1-4-23-21(27)13-26-11-17-7-16-10-24-20(15-5-6-15)8-18(16)22(19(17)12-26)30(28,29)25-9-14(2)3/h7-8,10,14-15,25H,4-6,9,11-13H2,1-3H3,(H,23,27). The van der Waals surface area contributed by atoms with Gasteiger partial charge in [-0.1, -0.05) is 13.8 Å². The summed E-state index contributed by atoms with van der Waals surface area (Å²) >= 11 is 0. The van der Waals surface area contributed by atoms with Gasteiger partial charge in [0.2, 0.25) is 15.9 Å². The van der Waals surface area contributed by atoms with Crippen molar-refractivity contribution in [2.75, 3.05) is 19.6 Å². The number of fused-ring (bicyclic) bond motifs is 2. The molecule has 2 N–H and O–H groups in total.